The van der Waals surface area contributed by atoms with E-state index in [1.807, 2.05) is 0 Å². The first kappa shape index (κ1) is 7.96. The molecule has 4 aliphatic carbocycles. The molecule has 6 atom stereocenters. The Morgan fingerprint density at radius 1 is 0.643 bits per heavy atom. The molecule has 0 heterocycles. The first-order valence-corrected chi connectivity index (χ1v) is 6.65. The molecule has 0 aliphatic heterocycles. The SMILES string of the molecule is C1=CC2C3C1C3[C@@H]1CCCCCC[C@@H]21. The molecule has 0 bridgehead atoms. The van der Waals surface area contributed by atoms with E-state index in [0.29, 0.717) is 0 Å². The molecule has 14 heavy (non-hydrogen) atoms. The summed E-state index contributed by atoms with van der Waals surface area (Å²) in [6.45, 7) is 0. The van der Waals surface area contributed by atoms with Crippen molar-refractivity contribution < 1.29 is 0 Å². The number of hydrogen-bond donors (Lipinski definition) is 0. The first-order chi connectivity index (χ1) is 6.97. The van der Waals surface area contributed by atoms with E-state index < -0.39 is 0 Å². The number of hydrogen-bond acceptors (Lipinski definition) is 0. The van der Waals surface area contributed by atoms with Gasteiger partial charge in [-0.1, -0.05) is 37.8 Å². The molecular formula is C14H20. The average Bonchev–Trinajstić information content (AvgIpc) is 2.59. The summed E-state index contributed by atoms with van der Waals surface area (Å²) in [5, 5.41) is 0. The molecule has 0 radical (unpaired) electrons. The van der Waals surface area contributed by atoms with Crippen LogP contribution in [-0.4, -0.2) is 0 Å². The maximum absolute atomic E-state index is 2.58. The van der Waals surface area contributed by atoms with Gasteiger partial charge in [-0.2, -0.15) is 0 Å². The summed E-state index contributed by atoms with van der Waals surface area (Å²) >= 11 is 0. The van der Waals surface area contributed by atoms with Crippen LogP contribution in [0.25, 0.3) is 0 Å². The van der Waals surface area contributed by atoms with Crippen LogP contribution in [0.15, 0.2) is 12.2 Å². The molecule has 0 aromatic heterocycles. The zero-order valence-electron chi connectivity index (χ0n) is 8.86. The van der Waals surface area contributed by atoms with E-state index in [1.165, 1.54) is 25.7 Å². The Kier molecular flexibility index (Phi) is 1.51. The zero-order chi connectivity index (χ0) is 9.12. The third kappa shape index (κ3) is 0.857. The summed E-state index contributed by atoms with van der Waals surface area (Å²) in [4.78, 5) is 0. The fourth-order valence-corrected chi connectivity index (χ4v) is 5.04. The Bertz CT molecular complexity index is 278. The van der Waals surface area contributed by atoms with E-state index in [2.05, 4.69) is 12.2 Å². The Hall–Kier alpha value is -0.260. The molecule has 76 valence electrons. The highest BCUT2D eigenvalue weighted by molar-refractivity contribution is 5.28. The van der Waals surface area contributed by atoms with Crippen molar-refractivity contribution in [3.05, 3.63) is 12.2 Å². The molecular weight excluding hydrogens is 168 g/mol. The minimum Gasteiger partial charge on any atom is -0.0845 e. The molecule has 4 rings (SSSR count). The second kappa shape index (κ2) is 2.65. The second-order valence-electron chi connectivity index (χ2n) is 6.01. The van der Waals surface area contributed by atoms with Crippen molar-refractivity contribution in [2.45, 2.75) is 38.5 Å². The number of fused-ring (bicyclic) bond motifs is 4. The maximum atomic E-state index is 2.58. The summed E-state index contributed by atoms with van der Waals surface area (Å²) in [6.07, 6.45) is 14.4. The van der Waals surface area contributed by atoms with Gasteiger partial charge in [-0.3, -0.25) is 0 Å². The van der Waals surface area contributed by atoms with Gasteiger partial charge in [0.2, 0.25) is 0 Å². The molecule has 0 aromatic rings. The molecule has 0 amide bonds. The van der Waals surface area contributed by atoms with Gasteiger partial charge in [-0.05, 0) is 48.3 Å². The second-order valence-corrected chi connectivity index (χ2v) is 6.01. The van der Waals surface area contributed by atoms with Gasteiger partial charge < -0.3 is 0 Å². The topological polar surface area (TPSA) is 0 Å². The molecule has 4 unspecified atom stereocenters. The van der Waals surface area contributed by atoms with Gasteiger partial charge in [0.1, 0.15) is 0 Å². The third-order valence-corrected chi connectivity index (χ3v) is 5.56. The quantitative estimate of drug-likeness (QED) is 0.509. The van der Waals surface area contributed by atoms with Gasteiger partial charge in [0.15, 0.2) is 0 Å². The summed E-state index contributed by atoms with van der Waals surface area (Å²) in [5.74, 6) is 6.65. The predicted octanol–water partition coefficient (Wildman–Crippen LogP) is 3.63. The average molecular weight is 188 g/mol. The molecule has 3 saturated carbocycles. The van der Waals surface area contributed by atoms with Gasteiger partial charge in [0, 0.05) is 0 Å². The van der Waals surface area contributed by atoms with Crippen LogP contribution in [0.3, 0.4) is 0 Å². The molecule has 0 heteroatoms. The lowest BCUT2D eigenvalue weighted by Gasteiger charge is -2.28. The van der Waals surface area contributed by atoms with Gasteiger partial charge in [0.25, 0.3) is 0 Å². The fourth-order valence-electron chi connectivity index (χ4n) is 5.04. The molecule has 4 aliphatic rings. The van der Waals surface area contributed by atoms with E-state index in [0.717, 1.165) is 35.5 Å². The maximum Gasteiger partial charge on any atom is -0.0162 e. The lowest BCUT2D eigenvalue weighted by Crippen LogP contribution is -2.19. The van der Waals surface area contributed by atoms with Gasteiger partial charge in [0.05, 0.1) is 0 Å². The van der Waals surface area contributed by atoms with Gasteiger partial charge >= 0.3 is 0 Å². The lowest BCUT2D eigenvalue weighted by molar-refractivity contribution is 0.231. The summed E-state index contributed by atoms with van der Waals surface area (Å²) in [7, 11) is 0. The van der Waals surface area contributed by atoms with Gasteiger partial charge in [-0.15, -0.1) is 0 Å². The van der Waals surface area contributed by atoms with Crippen LogP contribution < -0.4 is 0 Å². The van der Waals surface area contributed by atoms with E-state index in [-0.39, 0.29) is 0 Å². The van der Waals surface area contributed by atoms with E-state index in [4.69, 9.17) is 0 Å². The van der Waals surface area contributed by atoms with Crippen LogP contribution in [-0.2, 0) is 0 Å². The molecule has 0 N–H and O–H groups in total. The largest absolute Gasteiger partial charge is 0.0845 e. The minimum atomic E-state index is 1.04. The van der Waals surface area contributed by atoms with E-state index >= 15 is 0 Å². The van der Waals surface area contributed by atoms with E-state index in [9.17, 15) is 0 Å². The molecule has 3 fully saturated rings. The highest BCUT2D eigenvalue weighted by atomic mass is 14.7. The zero-order valence-corrected chi connectivity index (χ0v) is 8.86. The minimum absolute atomic E-state index is 1.04. The Morgan fingerprint density at radius 3 is 2.21 bits per heavy atom. The van der Waals surface area contributed by atoms with Crippen molar-refractivity contribution in [1.82, 2.24) is 0 Å². The van der Waals surface area contributed by atoms with Crippen LogP contribution >= 0.6 is 0 Å². The van der Waals surface area contributed by atoms with Crippen molar-refractivity contribution in [3.63, 3.8) is 0 Å². The number of allylic oxidation sites excluding steroid dienone is 2. The Morgan fingerprint density at radius 2 is 1.36 bits per heavy atom. The van der Waals surface area contributed by atoms with E-state index in [1.54, 1.807) is 12.8 Å². The fraction of sp³-hybridized carbons (Fsp3) is 0.857. The summed E-state index contributed by atoms with van der Waals surface area (Å²) < 4.78 is 0. The molecule has 0 saturated heterocycles. The van der Waals surface area contributed by atoms with Crippen molar-refractivity contribution in [2.75, 3.05) is 0 Å². The van der Waals surface area contributed by atoms with Crippen LogP contribution in [0.1, 0.15) is 38.5 Å². The van der Waals surface area contributed by atoms with Crippen molar-refractivity contribution in [2.24, 2.45) is 35.5 Å². The number of rotatable bonds is 0. The summed E-state index contributed by atoms with van der Waals surface area (Å²) in [6, 6.07) is 0. The standard InChI is InChI=1S/C14H20/c1-2-4-6-10-9(5-3-1)11-7-8-12-13(10)14(11)12/h7-14H,1-6H2/t9-,10-,11?,12?,13?,14?/m1/s1. The third-order valence-electron chi connectivity index (χ3n) is 5.56. The normalized spacial score (nSPS) is 58.9. The smallest absolute Gasteiger partial charge is 0.0162 e. The Labute approximate surface area is 86.8 Å². The van der Waals surface area contributed by atoms with Gasteiger partial charge in [-0.25, -0.2) is 0 Å². The highest BCUT2D eigenvalue weighted by Crippen LogP contribution is 2.71. The first-order valence-electron chi connectivity index (χ1n) is 6.65. The Balaban J connectivity index is 1.63. The van der Waals surface area contributed by atoms with Crippen molar-refractivity contribution in [1.29, 1.82) is 0 Å². The molecule has 0 spiro atoms. The van der Waals surface area contributed by atoms with Crippen LogP contribution in [0.4, 0.5) is 0 Å². The van der Waals surface area contributed by atoms with Crippen molar-refractivity contribution >= 4 is 0 Å². The molecule has 0 nitrogen and oxygen atoms in total. The van der Waals surface area contributed by atoms with Crippen LogP contribution in [0.2, 0.25) is 0 Å². The predicted molar refractivity (Wildman–Crippen MR) is 57.8 cm³/mol. The molecule has 0 aromatic carbocycles. The van der Waals surface area contributed by atoms with Crippen LogP contribution in [0.5, 0.6) is 0 Å². The monoisotopic (exact) mass is 188 g/mol. The summed E-state index contributed by atoms with van der Waals surface area (Å²) in [5.41, 5.74) is 0. The lowest BCUT2D eigenvalue weighted by atomic mass is 9.77. The van der Waals surface area contributed by atoms with Crippen LogP contribution in [0, 0.1) is 35.5 Å². The van der Waals surface area contributed by atoms with Crippen molar-refractivity contribution in [3.8, 4) is 0 Å². The highest BCUT2D eigenvalue weighted by Gasteiger charge is 2.66.